The molecular formula is C15H19NO2. The summed E-state index contributed by atoms with van der Waals surface area (Å²) < 4.78 is 5.13. The molecule has 1 heterocycles. The topological polar surface area (TPSA) is 29.5 Å². The molecular weight excluding hydrogens is 226 g/mol. The van der Waals surface area contributed by atoms with E-state index in [1.807, 2.05) is 25.1 Å². The van der Waals surface area contributed by atoms with Crippen LogP contribution < -0.4 is 0 Å². The Morgan fingerprint density at radius 2 is 2.11 bits per heavy atom. The average Bonchev–Trinajstić information content (AvgIpc) is 2.41. The molecule has 0 fully saturated rings. The van der Waals surface area contributed by atoms with Crippen LogP contribution >= 0.6 is 0 Å². The summed E-state index contributed by atoms with van der Waals surface area (Å²) in [6.45, 7) is 3.88. The summed E-state index contributed by atoms with van der Waals surface area (Å²) in [5.41, 5.74) is 1.22. The van der Waals surface area contributed by atoms with Gasteiger partial charge in [0, 0.05) is 13.1 Å². The lowest BCUT2D eigenvalue weighted by atomic mass is 10.1. The second-order valence-electron chi connectivity index (χ2n) is 4.39. The molecule has 0 radical (unpaired) electrons. The van der Waals surface area contributed by atoms with Crippen LogP contribution in [-0.4, -0.2) is 30.1 Å². The highest BCUT2D eigenvalue weighted by Gasteiger charge is 2.27. The average molecular weight is 245 g/mol. The summed E-state index contributed by atoms with van der Waals surface area (Å²) in [6, 6.07) is 10.1. The van der Waals surface area contributed by atoms with E-state index in [0.717, 1.165) is 19.5 Å². The summed E-state index contributed by atoms with van der Waals surface area (Å²) in [7, 11) is 0. The number of ether oxygens (including phenoxy) is 1. The first kappa shape index (κ1) is 12.8. The van der Waals surface area contributed by atoms with Crippen LogP contribution in [0.1, 0.15) is 18.9 Å². The molecule has 0 spiro atoms. The van der Waals surface area contributed by atoms with E-state index in [9.17, 15) is 4.79 Å². The van der Waals surface area contributed by atoms with Crippen molar-refractivity contribution >= 4 is 5.97 Å². The van der Waals surface area contributed by atoms with Crippen molar-refractivity contribution in [3.63, 3.8) is 0 Å². The highest BCUT2D eigenvalue weighted by molar-refractivity contribution is 5.76. The standard InChI is InChI=1S/C15H19NO2/c1-2-18-15(17)14-10-6-7-11-16(14)12-13-8-4-3-5-9-13/h3-9,14H,2,10-12H2,1H3. The van der Waals surface area contributed by atoms with Crippen molar-refractivity contribution in [1.29, 1.82) is 0 Å². The quantitative estimate of drug-likeness (QED) is 0.602. The van der Waals surface area contributed by atoms with Gasteiger partial charge in [-0.25, -0.2) is 0 Å². The van der Waals surface area contributed by atoms with Gasteiger partial charge < -0.3 is 4.74 Å². The third-order valence-corrected chi connectivity index (χ3v) is 3.09. The molecule has 1 aromatic rings. The minimum atomic E-state index is -0.143. The molecule has 0 amide bonds. The molecule has 18 heavy (non-hydrogen) atoms. The molecule has 2 rings (SSSR count). The Balaban J connectivity index is 2.05. The lowest BCUT2D eigenvalue weighted by Crippen LogP contribution is -2.43. The monoisotopic (exact) mass is 245 g/mol. The zero-order valence-corrected chi connectivity index (χ0v) is 10.7. The van der Waals surface area contributed by atoms with E-state index in [-0.39, 0.29) is 12.0 Å². The van der Waals surface area contributed by atoms with E-state index in [0.29, 0.717) is 6.61 Å². The van der Waals surface area contributed by atoms with Gasteiger partial charge in [0.05, 0.1) is 6.61 Å². The third-order valence-electron chi connectivity index (χ3n) is 3.09. The number of nitrogens with zero attached hydrogens (tertiary/aromatic N) is 1. The number of carbonyl (C=O) groups excluding carboxylic acids is 1. The number of carbonyl (C=O) groups is 1. The molecule has 3 nitrogen and oxygen atoms in total. The Morgan fingerprint density at radius 1 is 1.33 bits per heavy atom. The van der Waals surface area contributed by atoms with Crippen molar-refractivity contribution < 1.29 is 9.53 Å². The van der Waals surface area contributed by atoms with Crippen LogP contribution in [0.4, 0.5) is 0 Å². The molecule has 1 atom stereocenters. The fourth-order valence-electron chi connectivity index (χ4n) is 2.19. The number of esters is 1. The molecule has 0 saturated heterocycles. The number of benzene rings is 1. The first-order valence-electron chi connectivity index (χ1n) is 6.41. The van der Waals surface area contributed by atoms with Crippen LogP contribution in [0.3, 0.4) is 0 Å². The third kappa shape index (κ3) is 3.20. The van der Waals surface area contributed by atoms with Gasteiger partial charge in [-0.2, -0.15) is 0 Å². The Hall–Kier alpha value is -1.61. The minimum absolute atomic E-state index is 0.113. The molecule has 0 bridgehead atoms. The van der Waals surface area contributed by atoms with Gasteiger partial charge in [0.2, 0.25) is 0 Å². The van der Waals surface area contributed by atoms with Gasteiger partial charge >= 0.3 is 5.97 Å². The first-order valence-corrected chi connectivity index (χ1v) is 6.41. The first-order chi connectivity index (χ1) is 8.81. The van der Waals surface area contributed by atoms with Crippen molar-refractivity contribution in [2.75, 3.05) is 13.2 Å². The van der Waals surface area contributed by atoms with Gasteiger partial charge in [-0.1, -0.05) is 42.5 Å². The highest BCUT2D eigenvalue weighted by Crippen LogP contribution is 2.16. The maximum Gasteiger partial charge on any atom is 0.323 e. The lowest BCUT2D eigenvalue weighted by Gasteiger charge is -2.31. The van der Waals surface area contributed by atoms with Gasteiger partial charge in [-0.3, -0.25) is 9.69 Å². The van der Waals surface area contributed by atoms with E-state index in [2.05, 4.69) is 29.2 Å². The van der Waals surface area contributed by atoms with Crippen LogP contribution in [0.25, 0.3) is 0 Å². The maximum absolute atomic E-state index is 11.9. The molecule has 0 aliphatic carbocycles. The summed E-state index contributed by atoms with van der Waals surface area (Å²) in [5.74, 6) is -0.113. The van der Waals surface area contributed by atoms with Crippen molar-refractivity contribution in [2.45, 2.75) is 25.9 Å². The predicted octanol–water partition coefficient (Wildman–Crippen LogP) is 2.38. The van der Waals surface area contributed by atoms with E-state index in [1.54, 1.807) is 0 Å². The normalized spacial score (nSPS) is 19.7. The maximum atomic E-state index is 11.9. The molecule has 1 aliphatic heterocycles. The summed E-state index contributed by atoms with van der Waals surface area (Å²) >= 11 is 0. The molecule has 1 aliphatic rings. The van der Waals surface area contributed by atoms with E-state index < -0.39 is 0 Å². The van der Waals surface area contributed by atoms with E-state index in [4.69, 9.17) is 4.74 Å². The van der Waals surface area contributed by atoms with Gasteiger partial charge in [-0.05, 0) is 18.9 Å². The Bertz CT molecular complexity index is 414. The Morgan fingerprint density at radius 3 is 2.83 bits per heavy atom. The number of rotatable bonds is 4. The van der Waals surface area contributed by atoms with Gasteiger partial charge in [0.25, 0.3) is 0 Å². The van der Waals surface area contributed by atoms with Gasteiger partial charge in [0.15, 0.2) is 0 Å². The second kappa shape index (κ2) is 6.36. The van der Waals surface area contributed by atoms with Gasteiger partial charge in [-0.15, -0.1) is 0 Å². The van der Waals surface area contributed by atoms with Crippen LogP contribution in [0.15, 0.2) is 42.5 Å². The summed E-state index contributed by atoms with van der Waals surface area (Å²) in [6.07, 6.45) is 4.91. The SMILES string of the molecule is CCOC(=O)C1CC=CCN1Cc1ccccc1. The number of hydrogen-bond acceptors (Lipinski definition) is 3. The van der Waals surface area contributed by atoms with Crippen LogP contribution in [0, 0.1) is 0 Å². The highest BCUT2D eigenvalue weighted by atomic mass is 16.5. The minimum Gasteiger partial charge on any atom is -0.465 e. The van der Waals surface area contributed by atoms with Crippen LogP contribution in [0.2, 0.25) is 0 Å². The fourth-order valence-corrected chi connectivity index (χ4v) is 2.19. The summed E-state index contributed by atoms with van der Waals surface area (Å²) in [4.78, 5) is 14.1. The van der Waals surface area contributed by atoms with Crippen molar-refractivity contribution in [2.24, 2.45) is 0 Å². The smallest absolute Gasteiger partial charge is 0.323 e. The van der Waals surface area contributed by atoms with E-state index >= 15 is 0 Å². The molecule has 1 unspecified atom stereocenters. The van der Waals surface area contributed by atoms with Crippen molar-refractivity contribution in [1.82, 2.24) is 4.90 Å². The number of hydrogen-bond donors (Lipinski definition) is 0. The van der Waals surface area contributed by atoms with Gasteiger partial charge in [0.1, 0.15) is 6.04 Å². The van der Waals surface area contributed by atoms with Crippen LogP contribution in [-0.2, 0) is 16.1 Å². The summed E-state index contributed by atoms with van der Waals surface area (Å²) in [5, 5.41) is 0. The molecule has 3 heteroatoms. The Labute approximate surface area is 108 Å². The molecule has 1 aromatic carbocycles. The van der Waals surface area contributed by atoms with Crippen LogP contribution in [0.5, 0.6) is 0 Å². The molecule has 0 aromatic heterocycles. The Kier molecular flexibility index (Phi) is 4.53. The second-order valence-corrected chi connectivity index (χ2v) is 4.39. The largest absolute Gasteiger partial charge is 0.465 e. The van der Waals surface area contributed by atoms with E-state index in [1.165, 1.54) is 5.56 Å². The lowest BCUT2D eigenvalue weighted by molar-refractivity contribution is -0.149. The van der Waals surface area contributed by atoms with Crippen molar-refractivity contribution in [3.8, 4) is 0 Å². The van der Waals surface area contributed by atoms with Crippen molar-refractivity contribution in [3.05, 3.63) is 48.0 Å². The molecule has 0 saturated carbocycles. The molecule has 96 valence electrons. The fraction of sp³-hybridized carbons (Fsp3) is 0.400. The molecule has 0 N–H and O–H groups in total. The zero-order chi connectivity index (χ0) is 12.8. The zero-order valence-electron chi connectivity index (χ0n) is 10.7. The predicted molar refractivity (Wildman–Crippen MR) is 71.0 cm³/mol.